The largest absolute Gasteiger partial charge is 0.497 e. The van der Waals surface area contributed by atoms with Crippen molar-refractivity contribution in [1.82, 2.24) is 4.90 Å². The molecule has 0 bridgehead atoms. The highest BCUT2D eigenvalue weighted by atomic mass is 19.4. The minimum atomic E-state index is -5.08. The van der Waals surface area contributed by atoms with Crippen molar-refractivity contribution in [2.24, 2.45) is 10.7 Å². The number of aryl methyl sites for hydroxylation is 1. The Morgan fingerprint density at radius 1 is 1.00 bits per heavy atom. The Kier molecular flexibility index (Phi) is 9.29. The monoisotopic (exact) mass is 545 g/mol. The Morgan fingerprint density at radius 3 is 2.13 bits per heavy atom. The molecule has 3 aromatic rings. The molecule has 1 aliphatic rings. The number of carbonyl (C=O) groups is 2. The average Bonchev–Trinajstić information content (AvgIpc) is 3.14. The van der Waals surface area contributed by atoms with Gasteiger partial charge in [0.05, 0.1) is 7.11 Å². The van der Waals surface area contributed by atoms with Crippen LogP contribution in [0.4, 0.5) is 17.6 Å². The number of methoxy groups -OCH3 is 1. The van der Waals surface area contributed by atoms with Crippen molar-refractivity contribution in [2.45, 2.75) is 31.0 Å². The summed E-state index contributed by atoms with van der Waals surface area (Å²) >= 11 is 0. The summed E-state index contributed by atoms with van der Waals surface area (Å²) in [7, 11) is 1.60. The van der Waals surface area contributed by atoms with Crippen LogP contribution in [0.3, 0.4) is 0 Å². The van der Waals surface area contributed by atoms with Gasteiger partial charge in [-0.3, -0.25) is 9.69 Å². The smallest absolute Gasteiger partial charge is 0.490 e. The third-order valence-corrected chi connectivity index (χ3v) is 6.05. The molecule has 1 atom stereocenters. The Labute approximate surface area is 222 Å². The minimum absolute atomic E-state index is 0.189. The van der Waals surface area contributed by atoms with Crippen LogP contribution in [0.5, 0.6) is 5.75 Å². The number of halogens is 4. The highest BCUT2D eigenvalue weighted by Crippen LogP contribution is 2.37. The van der Waals surface area contributed by atoms with Gasteiger partial charge in [-0.05, 0) is 53.8 Å². The number of carbonyl (C=O) groups excluding carboxylic acids is 1. The number of benzene rings is 3. The molecular weight excluding hydrogens is 518 g/mol. The number of amides is 1. The Morgan fingerprint density at radius 2 is 1.59 bits per heavy atom. The van der Waals surface area contributed by atoms with E-state index >= 15 is 0 Å². The maximum absolute atomic E-state index is 13.7. The molecule has 3 aromatic carbocycles. The summed E-state index contributed by atoms with van der Waals surface area (Å²) < 4.78 is 50.6. The summed E-state index contributed by atoms with van der Waals surface area (Å²) in [4.78, 5) is 28.8. The zero-order valence-corrected chi connectivity index (χ0v) is 21.0. The molecule has 0 aromatic heterocycles. The molecule has 0 aliphatic carbocycles. The molecular formula is C28H27F4N3O4. The van der Waals surface area contributed by atoms with Crippen LogP contribution in [-0.2, 0) is 28.0 Å². The standard InChI is InChI=1S/C26H26FN3O2.C2HF3O2/c1-32-23-15-9-20(10-16-23)18-26(21-11-13-22(27)14-12-21)24(31)30(25(28)29-26)17-5-8-19-6-3-2-4-7-19;3-2(4,5)1(6)7/h2-4,6-7,9-16H,5,8,17-18H2,1H3,(H2,28,29);(H,6,7). The van der Waals surface area contributed by atoms with E-state index in [1.807, 2.05) is 42.5 Å². The Balaban J connectivity index is 0.000000532. The molecule has 11 heteroatoms. The van der Waals surface area contributed by atoms with Crippen molar-refractivity contribution >= 4 is 17.8 Å². The predicted octanol–water partition coefficient (Wildman–Crippen LogP) is 4.70. The minimum Gasteiger partial charge on any atom is -0.497 e. The Hall–Kier alpha value is -4.41. The molecule has 4 rings (SSSR count). The second kappa shape index (κ2) is 12.4. The number of nitrogens with two attached hydrogens (primary N) is 1. The highest BCUT2D eigenvalue weighted by molar-refractivity contribution is 6.07. The lowest BCUT2D eigenvalue weighted by Crippen LogP contribution is -2.44. The van der Waals surface area contributed by atoms with E-state index in [0.29, 0.717) is 18.5 Å². The highest BCUT2D eigenvalue weighted by Gasteiger charge is 2.49. The fraction of sp³-hybridized carbons (Fsp3) is 0.250. The molecule has 0 fully saturated rings. The molecule has 206 valence electrons. The van der Waals surface area contributed by atoms with Crippen LogP contribution < -0.4 is 10.5 Å². The van der Waals surface area contributed by atoms with E-state index in [1.54, 1.807) is 24.1 Å². The summed E-state index contributed by atoms with van der Waals surface area (Å²) in [5.74, 6) is -2.39. The molecule has 0 saturated heterocycles. The van der Waals surface area contributed by atoms with Gasteiger partial charge in [0.1, 0.15) is 11.6 Å². The first-order valence-corrected chi connectivity index (χ1v) is 11.9. The van der Waals surface area contributed by atoms with E-state index in [2.05, 4.69) is 17.1 Å². The topological polar surface area (TPSA) is 105 Å². The maximum atomic E-state index is 13.7. The third-order valence-electron chi connectivity index (χ3n) is 6.05. The first-order chi connectivity index (χ1) is 18.5. The fourth-order valence-electron chi connectivity index (χ4n) is 4.10. The van der Waals surface area contributed by atoms with Crippen LogP contribution in [0.15, 0.2) is 83.9 Å². The van der Waals surface area contributed by atoms with Crippen molar-refractivity contribution in [3.8, 4) is 5.75 Å². The van der Waals surface area contributed by atoms with Gasteiger partial charge in [0.25, 0.3) is 5.91 Å². The Bertz CT molecular complexity index is 1300. The number of ether oxygens (including phenoxy) is 1. The van der Waals surface area contributed by atoms with Gasteiger partial charge in [0.15, 0.2) is 11.5 Å². The van der Waals surface area contributed by atoms with Gasteiger partial charge in [-0.25, -0.2) is 14.2 Å². The van der Waals surface area contributed by atoms with Gasteiger partial charge >= 0.3 is 12.1 Å². The van der Waals surface area contributed by atoms with E-state index in [1.165, 1.54) is 17.7 Å². The lowest BCUT2D eigenvalue weighted by molar-refractivity contribution is -0.192. The van der Waals surface area contributed by atoms with Crippen molar-refractivity contribution in [3.63, 3.8) is 0 Å². The number of carboxylic acid groups (broad SMARTS) is 1. The lowest BCUT2D eigenvalue weighted by atomic mass is 9.83. The molecule has 1 unspecified atom stereocenters. The van der Waals surface area contributed by atoms with Gasteiger partial charge in [0, 0.05) is 13.0 Å². The third kappa shape index (κ3) is 7.34. The van der Waals surface area contributed by atoms with E-state index in [4.69, 9.17) is 20.4 Å². The van der Waals surface area contributed by atoms with Crippen molar-refractivity contribution in [2.75, 3.05) is 13.7 Å². The number of aliphatic imine (C=N–C) groups is 1. The van der Waals surface area contributed by atoms with Gasteiger partial charge in [-0.1, -0.05) is 54.6 Å². The first kappa shape index (κ1) is 29.2. The number of aliphatic carboxylic acids is 1. The van der Waals surface area contributed by atoms with Gasteiger partial charge in [-0.15, -0.1) is 0 Å². The van der Waals surface area contributed by atoms with Crippen LogP contribution in [0.25, 0.3) is 0 Å². The molecule has 39 heavy (non-hydrogen) atoms. The first-order valence-electron chi connectivity index (χ1n) is 11.9. The summed E-state index contributed by atoms with van der Waals surface area (Å²) in [6.07, 6.45) is -3.18. The summed E-state index contributed by atoms with van der Waals surface area (Å²) in [5.41, 5.74) is 7.76. The predicted molar refractivity (Wildman–Crippen MR) is 137 cm³/mol. The number of hydrogen-bond donors (Lipinski definition) is 2. The number of alkyl halides is 3. The molecule has 0 spiro atoms. The average molecular weight is 546 g/mol. The van der Waals surface area contributed by atoms with Crippen molar-refractivity contribution in [1.29, 1.82) is 0 Å². The normalized spacial score (nSPS) is 16.8. The number of rotatable bonds is 8. The van der Waals surface area contributed by atoms with Gasteiger partial charge < -0.3 is 15.6 Å². The van der Waals surface area contributed by atoms with Crippen LogP contribution in [0, 0.1) is 5.82 Å². The number of nitrogens with zero attached hydrogens (tertiary/aromatic N) is 2. The number of carboxylic acids is 1. The summed E-state index contributed by atoms with van der Waals surface area (Å²) in [5, 5.41) is 7.12. The maximum Gasteiger partial charge on any atom is 0.490 e. The van der Waals surface area contributed by atoms with E-state index in [9.17, 15) is 22.4 Å². The molecule has 7 nitrogen and oxygen atoms in total. The number of hydrogen-bond acceptors (Lipinski definition) is 5. The van der Waals surface area contributed by atoms with Crippen LogP contribution >= 0.6 is 0 Å². The molecule has 1 amide bonds. The van der Waals surface area contributed by atoms with E-state index in [-0.39, 0.29) is 17.7 Å². The zero-order chi connectivity index (χ0) is 28.6. The van der Waals surface area contributed by atoms with E-state index in [0.717, 1.165) is 24.2 Å². The van der Waals surface area contributed by atoms with E-state index < -0.39 is 17.7 Å². The molecule has 1 aliphatic heterocycles. The van der Waals surface area contributed by atoms with Crippen LogP contribution in [-0.4, -0.2) is 47.7 Å². The molecule has 0 radical (unpaired) electrons. The molecule has 0 saturated carbocycles. The molecule has 1 heterocycles. The van der Waals surface area contributed by atoms with Gasteiger partial charge in [-0.2, -0.15) is 13.2 Å². The second-order valence-corrected chi connectivity index (χ2v) is 8.71. The quantitative estimate of drug-likeness (QED) is 0.400. The SMILES string of the molecule is COc1ccc(CC2(c3ccc(F)cc3)N=C(N)N(CCCc3ccccc3)C2=O)cc1.O=C(O)C(F)(F)F. The zero-order valence-electron chi connectivity index (χ0n) is 21.0. The van der Waals surface area contributed by atoms with Crippen molar-refractivity contribution < 1.29 is 37.0 Å². The molecule has 3 N–H and O–H groups in total. The summed E-state index contributed by atoms with van der Waals surface area (Å²) in [6.45, 7) is 0.467. The van der Waals surface area contributed by atoms with Crippen LogP contribution in [0.1, 0.15) is 23.1 Å². The summed E-state index contributed by atoms with van der Waals surface area (Å²) in [6, 6.07) is 23.5. The number of guanidine groups is 1. The second-order valence-electron chi connectivity index (χ2n) is 8.71. The van der Waals surface area contributed by atoms with Crippen LogP contribution in [0.2, 0.25) is 0 Å². The van der Waals surface area contributed by atoms with Crippen molar-refractivity contribution in [3.05, 3.63) is 101 Å². The van der Waals surface area contributed by atoms with Gasteiger partial charge in [0.2, 0.25) is 0 Å². The fourth-order valence-corrected chi connectivity index (χ4v) is 4.10. The lowest BCUT2D eigenvalue weighted by Gasteiger charge is -2.27.